The molecule has 0 aliphatic heterocycles. The van der Waals surface area contributed by atoms with Crippen LogP contribution in [0.1, 0.15) is 12.8 Å². The predicted octanol–water partition coefficient (Wildman–Crippen LogP) is 1.54. The molecular weight excluding hydrogens is 458 g/mol. The zero-order valence-corrected chi connectivity index (χ0v) is 14.6. The average Bonchev–Trinajstić information content (AvgIpc) is 3.01. The molecule has 4 atom stereocenters. The minimum absolute atomic E-state index is 0.187. The maximum atomic E-state index is 8.58. The second-order valence-electron chi connectivity index (χ2n) is 4.45. The lowest BCUT2D eigenvalue weighted by molar-refractivity contribution is 0.249. The summed E-state index contributed by atoms with van der Waals surface area (Å²) in [7, 11) is 0. The highest BCUT2D eigenvalue weighted by atomic mass is 128. The molecule has 18 heavy (non-hydrogen) atoms. The van der Waals surface area contributed by atoms with E-state index in [1.807, 2.05) is 24.3 Å². The van der Waals surface area contributed by atoms with E-state index < -0.39 is 0 Å². The van der Waals surface area contributed by atoms with E-state index in [2.05, 4.69) is 37.2 Å². The van der Waals surface area contributed by atoms with Gasteiger partial charge in [-0.3, -0.25) is 0 Å². The molecule has 2 aliphatic rings. The van der Waals surface area contributed by atoms with Gasteiger partial charge in [0.15, 0.2) is 0 Å². The van der Waals surface area contributed by atoms with Gasteiger partial charge in [0, 0.05) is 74.4 Å². The summed E-state index contributed by atoms with van der Waals surface area (Å²) in [5, 5.41) is 17.2. The Morgan fingerprint density at radius 3 is 1.28 bits per heavy atom. The van der Waals surface area contributed by atoms with Gasteiger partial charge in [0.25, 0.3) is 0 Å². The van der Waals surface area contributed by atoms with Crippen molar-refractivity contribution in [3.63, 3.8) is 0 Å². The smallest absolute Gasteiger partial charge is 0.0494 e. The van der Waals surface area contributed by atoms with E-state index in [-0.39, 0.29) is 25.3 Å². The van der Waals surface area contributed by atoms with Crippen LogP contribution in [0, 0.1) is 11.8 Å². The Bertz CT molecular complexity index is 236. The maximum absolute atomic E-state index is 8.58. The van der Waals surface area contributed by atoms with E-state index >= 15 is 0 Å². The van der Waals surface area contributed by atoms with Crippen LogP contribution in [0.5, 0.6) is 0 Å². The summed E-state index contributed by atoms with van der Waals surface area (Å²) in [6.07, 6.45) is 9.67. The summed E-state index contributed by atoms with van der Waals surface area (Å²) >= 11 is 4.24. The molecule has 0 aromatic heterocycles. The fourth-order valence-electron chi connectivity index (χ4n) is 1.88. The highest BCUT2D eigenvalue weighted by Gasteiger charge is 2.13. The molecule has 0 saturated carbocycles. The van der Waals surface area contributed by atoms with Crippen LogP contribution >= 0.6 is 37.2 Å². The van der Waals surface area contributed by atoms with Gasteiger partial charge in [0.2, 0.25) is 0 Å². The van der Waals surface area contributed by atoms with Gasteiger partial charge in [-0.15, -0.1) is 0 Å². The number of rotatable bonds is 2. The zero-order chi connectivity index (χ0) is 14.0. The molecule has 0 amide bonds. The summed E-state index contributed by atoms with van der Waals surface area (Å²) in [6.45, 7) is 0.481. The number of aliphatic hydroxyl groups is 2. The fourth-order valence-corrected chi connectivity index (χ4v) is 1.88. The molecule has 0 fully saturated rings. The third-order valence-corrected chi connectivity index (χ3v) is 2.88. The highest BCUT2D eigenvalue weighted by Crippen LogP contribution is 2.15. The van der Waals surface area contributed by atoms with Gasteiger partial charge >= 0.3 is 0 Å². The molecule has 0 bridgehead atoms. The molecule has 0 heterocycles. The second kappa shape index (κ2) is 11.6. The quantitative estimate of drug-likeness (QED) is 0.357. The lowest BCUT2D eigenvalue weighted by Crippen LogP contribution is -2.15. The van der Waals surface area contributed by atoms with E-state index in [1.165, 1.54) is 0 Å². The van der Waals surface area contributed by atoms with Gasteiger partial charge in [-0.05, 0) is 12.8 Å². The summed E-state index contributed by atoms with van der Waals surface area (Å²) < 4.78 is 0. The van der Waals surface area contributed by atoms with Crippen molar-refractivity contribution in [2.45, 2.75) is 24.9 Å². The first-order chi connectivity index (χ1) is 8.65. The summed E-state index contributed by atoms with van der Waals surface area (Å²) in [6, 6.07) is 0.374. The van der Waals surface area contributed by atoms with E-state index in [0.717, 1.165) is 12.8 Å². The van der Waals surface area contributed by atoms with Crippen LogP contribution < -0.4 is 11.5 Å². The van der Waals surface area contributed by atoms with Crippen molar-refractivity contribution in [2.24, 2.45) is 23.3 Å². The van der Waals surface area contributed by atoms with Crippen molar-refractivity contribution in [1.29, 1.82) is 0 Å². The number of aliphatic hydroxyl groups excluding tert-OH is 2. The van der Waals surface area contributed by atoms with Crippen molar-refractivity contribution in [1.82, 2.24) is 0 Å². The molecule has 0 aromatic rings. The number of hydrogen-bond donors (Lipinski definition) is 4. The maximum Gasteiger partial charge on any atom is 0.0494 e. The van der Waals surface area contributed by atoms with Crippen molar-refractivity contribution in [3.05, 3.63) is 24.3 Å². The Labute approximate surface area is 132 Å². The number of halogens is 2. The Morgan fingerprint density at radius 2 is 1.17 bits per heavy atom. The zero-order valence-electron chi connectivity index (χ0n) is 10.3. The topological polar surface area (TPSA) is 92.5 Å². The van der Waals surface area contributed by atoms with Crippen molar-refractivity contribution in [3.8, 4) is 0 Å². The van der Waals surface area contributed by atoms with Crippen LogP contribution in [0.25, 0.3) is 0 Å². The molecule has 0 unspecified atom stereocenters. The monoisotopic (exact) mass is 480 g/mol. The van der Waals surface area contributed by atoms with Crippen LogP contribution in [-0.4, -0.2) is 35.5 Å². The van der Waals surface area contributed by atoms with Crippen molar-refractivity contribution >= 4 is 37.2 Å². The van der Waals surface area contributed by atoms with Gasteiger partial charge in [0.1, 0.15) is 0 Å². The Hall–Kier alpha value is 0.780. The molecule has 2 aliphatic carbocycles. The molecular formula is C12H22I2N2O2. The number of hydrogen-bond acceptors (Lipinski definition) is 4. The normalized spacial score (nSPS) is 32.6. The van der Waals surface area contributed by atoms with Crippen LogP contribution in [0.15, 0.2) is 24.3 Å². The van der Waals surface area contributed by atoms with Crippen LogP contribution in [0.4, 0.5) is 0 Å². The van der Waals surface area contributed by atoms with E-state index in [9.17, 15) is 0 Å². The minimum atomic E-state index is 0.187. The largest absolute Gasteiger partial charge is 0.396 e. The van der Waals surface area contributed by atoms with Gasteiger partial charge in [-0.1, -0.05) is 24.3 Å². The molecule has 0 aromatic carbocycles. The first-order valence-electron chi connectivity index (χ1n) is 5.89. The summed E-state index contributed by atoms with van der Waals surface area (Å²) in [5.74, 6) is 0.648. The molecule has 0 radical (unpaired) electrons. The number of nitrogens with two attached hydrogens (primary N) is 2. The van der Waals surface area contributed by atoms with E-state index in [0.29, 0.717) is 11.8 Å². The summed E-state index contributed by atoms with van der Waals surface area (Å²) in [5.41, 5.74) is 11.0. The SMILES string of the molecule is II.N[C@@H]1C=C[C@H](CO)C1.N[C@H]1C=C[C@@H](CO)C1. The predicted molar refractivity (Wildman–Crippen MR) is 92.7 cm³/mol. The van der Waals surface area contributed by atoms with E-state index in [1.54, 1.807) is 0 Å². The third-order valence-electron chi connectivity index (χ3n) is 2.88. The van der Waals surface area contributed by atoms with Crippen LogP contribution in [-0.2, 0) is 0 Å². The molecule has 6 N–H and O–H groups in total. The molecule has 4 nitrogen and oxygen atoms in total. The first kappa shape index (κ1) is 18.8. The van der Waals surface area contributed by atoms with Crippen LogP contribution in [0.3, 0.4) is 0 Å². The van der Waals surface area contributed by atoms with Gasteiger partial charge in [-0.25, -0.2) is 0 Å². The Morgan fingerprint density at radius 1 is 0.833 bits per heavy atom. The molecule has 0 spiro atoms. The molecule has 2 rings (SSSR count). The standard InChI is InChI=1S/2C6H11NO.I2/c2*7-6-2-1-5(3-6)4-8;1-2/h2*1-2,5-6,8H,3-4,7H2;/t2*5-,6+;/m10./s1. The molecule has 6 heteroatoms. The summed E-state index contributed by atoms with van der Waals surface area (Å²) in [4.78, 5) is 0. The van der Waals surface area contributed by atoms with Crippen molar-refractivity contribution < 1.29 is 10.2 Å². The van der Waals surface area contributed by atoms with Crippen molar-refractivity contribution in [2.75, 3.05) is 13.2 Å². The fraction of sp³-hybridized carbons (Fsp3) is 0.667. The van der Waals surface area contributed by atoms with Gasteiger partial charge < -0.3 is 21.7 Å². The van der Waals surface area contributed by atoms with Gasteiger partial charge in [-0.2, -0.15) is 0 Å². The molecule has 106 valence electrons. The third kappa shape index (κ3) is 8.05. The minimum Gasteiger partial charge on any atom is -0.396 e. The lowest BCUT2D eigenvalue weighted by Gasteiger charge is -2.02. The Kier molecular flexibility index (Phi) is 12.1. The van der Waals surface area contributed by atoms with Crippen LogP contribution in [0.2, 0.25) is 0 Å². The lowest BCUT2D eigenvalue weighted by atomic mass is 10.1. The molecule has 0 saturated heterocycles. The second-order valence-corrected chi connectivity index (χ2v) is 4.45. The Balaban J connectivity index is 0.000000283. The van der Waals surface area contributed by atoms with Gasteiger partial charge in [0.05, 0.1) is 0 Å². The van der Waals surface area contributed by atoms with E-state index in [4.69, 9.17) is 21.7 Å². The first-order valence-corrected chi connectivity index (χ1v) is 12.2. The highest BCUT2D eigenvalue weighted by molar-refractivity contribution is 15.0. The average molecular weight is 480 g/mol.